The van der Waals surface area contributed by atoms with Crippen LogP contribution in [0.1, 0.15) is 9.67 Å². The van der Waals surface area contributed by atoms with Crippen LogP contribution >= 0.6 is 11.3 Å². The fraction of sp³-hybridized carbons (Fsp3) is 0.125. The van der Waals surface area contributed by atoms with Gasteiger partial charge in [-0.3, -0.25) is 0 Å². The molecule has 1 rings (SSSR count). The molecule has 0 aliphatic heterocycles. The Hall–Kier alpha value is -1.47. The highest BCUT2D eigenvalue weighted by molar-refractivity contribution is 7.12. The van der Waals surface area contributed by atoms with Gasteiger partial charge in [0.05, 0.1) is 0 Å². The Morgan fingerprint density at radius 3 is 3.08 bits per heavy atom. The standard InChI is InChI=1S/C8H6O3S/c1-2-3-11-6-4-7(8(9)10)12-5-6/h1,4-5H,3H2,(H,9,10). The van der Waals surface area contributed by atoms with Crippen molar-refractivity contribution in [3.63, 3.8) is 0 Å². The van der Waals surface area contributed by atoms with E-state index in [-0.39, 0.29) is 11.5 Å². The van der Waals surface area contributed by atoms with E-state index < -0.39 is 5.97 Å². The molecule has 0 saturated heterocycles. The van der Waals surface area contributed by atoms with Crippen LogP contribution in [0.3, 0.4) is 0 Å². The molecule has 0 aliphatic rings. The SMILES string of the molecule is C#CCOc1csc(C(=O)O)c1. The van der Waals surface area contributed by atoms with Crippen molar-refractivity contribution in [1.82, 2.24) is 0 Å². The maximum absolute atomic E-state index is 10.4. The first-order valence-corrected chi connectivity index (χ1v) is 4.00. The van der Waals surface area contributed by atoms with Crippen molar-refractivity contribution in [3.05, 3.63) is 16.3 Å². The van der Waals surface area contributed by atoms with Crippen LogP contribution in [-0.4, -0.2) is 17.7 Å². The number of ether oxygens (including phenoxy) is 1. The third-order valence-electron chi connectivity index (χ3n) is 1.11. The van der Waals surface area contributed by atoms with E-state index in [9.17, 15) is 4.79 Å². The molecule has 0 aliphatic carbocycles. The number of terminal acetylenes is 1. The molecule has 0 saturated carbocycles. The molecule has 1 N–H and O–H groups in total. The number of hydrogen-bond donors (Lipinski definition) is 1. The lowest BCUT2D eigenvalue weighted by molar-refractivity contribution is 0.0702. The molecule has 0 fully saturated rings. The average molecular weight is 182 g/mol. The molecule has 0 aromatic carbocycles. The number of carboxylic acid groups (broad SMARTS) is 1. The number of aromatic carboxylic acids is 1. The minimum Gasteiger partial charge on any atom is -0.480 e. The minimum atomic E-state index is -0.949. The van der Waals surface area contributed by atoms with E-state index in [4.69, 9.17) is 16.3 Å². The molecule has 12 heavy (non-hydrogen) atoms. The van der Waals surface area contributed by atoms with Gasteiger partial charge < -0.3 is 9.84 Å². The van der Waals surface area contributed by atoms with Crippen LogP contribution in [0.4, 0.5) is 0 Å². The van der Waals surface area contributed by atoms with Gasteiger partial charge in [0.15, 0.2) is 0 Å². The molecule has 62 valence electrons. The molecule has 1 aromatic rings. The van der Waals surface area contributed by atoms with Gasteiger partial charge in [-0.25, -0.2) is 4.79 Å². The topological polar surface area (TPSA) is 46.5 Å². The van der Waals surface area contributed by atoms with Gasteiger partial charge in [0.1, 0.15) is 17.2 Å². The second-order valence-corrected chi connectivity index (χ2v) is 2.86. The predicted molar refractivity (Wildman–Crippen MR) is 45.6 cm³/mol. The molecular formula is C8H6O3S. The number of carbonyl (C=O) groups is 1. The Labute approximate surface area is 73.6 Å². The summed E-state index contributed by atoms with van der Waals surface area (Å²) in [6, 6.07) is 1.45. The molecule has 0 atom stereocenters. The van der Waals surface area contributed by atoms with Gasteiger partial charge in [-0.1, -0.05) is 5.92 Å². The Bertz CT molecular complexity index is 321. The van der Waals surface area contributed by atoms with E-state index >= 15 is 0 Å². The summed E-state index contributed by atoms with van der Waals surface area (Å²) in [5.74, 6) is 1.85. The first kappa shape index (κ1) is 8.62. The van der Waals surface area contributed by atoms with Gasteiger partial charge in [-0.05, 0) is 0 Å². The summed E-state index contributed by atoms with van der Waals surface area (Å²) < 4.78 is 5.00. The summed E-state index contributed by atoms with van der Waals surface area (Å²) in [6.45, 7) is 0.162. The van der Waals surface area contributed by atoms with E-state index in [2.05, 4.69) is 5.92 Å². The lowest BCUT2D eigenvalue weighted by Gasteiger charge is -1.94. The van der Waals surface area contributed by atoms with Crippen LogP contribution in [0.15, 0.2) is 11.4 Å². The third kappa shape index (κ3) is 2.01. The summed E-state index contributed by atoms with van der Waals surface area (Å²) in [5, 5.41) is 10.2. The molecular weight excluding hydrogens is 176 g/mol. The largest absolute Gasteiger partial charge is 0.480 e. The summed E-state index contributed by atoms with van der Waals surface area (Å²) >= 11 is 1.11. The zero-order valence-corrected chi connectivity index (χ0v) is 6.93. The maximum Gasteiger partial charge on any atom is 0.346 e. The number of rotatable bonds is 3. The third-order valence-corrected chi connectivity index (χ3v) is 2.00. The van der Waals surface area contributed by atoms with Crippen molar-refractivity contribution in [3.8, 4) is 18.1 Å². The molecule has 3 nitrogen and oxygen atoms in total. The van der Waals surface area contributed by atoms with Crippen molar-refractivity contribution in [2.75, 3.05) is 6.61 Å². The van der Waals surface area contributed by atoms with Crippen LogP contribution in [0.25, 0.3) is 0 Å². The van der Waals surface area contributed by atoms with Gasteiger partial charge in [-0.15, -0.1) is 17.8 Å². The van der Waals surface area contributed by atoms with Crippen molar-refractivity contribution in [2.45, 2.75) is 0 Å². The van der Waals surface area contributed by atoms with Crippen LogP contribution in [-0.2, 0) is 0 Å². The molecule has 0 spiro atoms. The van der Waals surface area contributed by atoms with Crippen LogP contribution in [0, 0.1) is 12.3 Å². The molecule has 0 bridgehead atoms. The highest BCUT2D eigenvalue weighted by Gasteiger charge is 2.06. The van der Waals surface area contributed by atoms with Gasteiger partial charge in [0.25, 0.3) is 0 Å². The summed E-state index contributed by atoms with van der Waals surface area (Å²) in [4.78, 5) is 10.7. The lowest BCUT2D eigenvalue weighted by Crippen LogP contribution is -1.93. The fourth-order valence-electron chi connectivity index (χ4n) is 0.632. The first-order chi connectivity index (χ1) is 5.74. The monoisotopic (exact) mass is 182 g/mol. The van der Waals surface area contributed by atoms with Crippen LogP contribution < -0.4 is 4.74 Å². The molecule has 0 radical (unpaired) electrons. The molecule has 0 unspecified atom stereocenters. The van der Waals surface area contributed by atoms with Gasteiger partial charge >= 0.3 is 5.97 Å². The van der Waals surface area contributed by atoms with Gasteiger partial charge in [0, 0.05) is 11.4 Å². The quantitative estimate of drug-likeness (QED) is 0.720. The van der Waals surface area contributed by atoms with E-state index in [1.807, 2.05) is 0 Å². The Balaban J connectivity index is 2.66. The zero-order valence-electron chi connectivity index (χ0n) is 6.11. The Morgan fingerprint density at radius 2 is 2.58 bits per heavy atom. The van der Waals surface area contributed by atoms with Gasteiger partial charge in [0.2, 0.25) is 0 Å². The average Bonchev–Trinajstić information content (AvgIpc) is 2.48. The number of thiophene rings is 1. The van der Waals surface area contributed by atoms with Gasteiger partial charge in [-0.2, -0.15) is 0 Å². The maximum atomic E-state index is 10.4. The van der Waals surface area contributed by atoms with E-state index in [0.717, 1.165) is 11.3 Å². The van der Waals surface area contributed by atoms with E-state index in [1.165, 1.54) is 6.07 Å². The van der Waals surface area contributed by atoms with E-state index in [0.29, 0.717) is 5.75 Å². The number of hydrogen-bond acceptors (Lipinski definition) is 3. The molecule has 4 heteroatoms. The van der Waals surface area contributed by atoms with Crippen molar-refractivity contribution >= 4 is 17.3 Å². The normalized spacial score (nSPS) is 8.92. The minimum absolute atomic E-state index is 0.162. The second kappa shape index (κ2) is 3.79. The molecule has 1 aromatic heterocycles. The molecule has 0 amide bonds. The second-order valence-electron chi connectivity index (χ2n) is 1.94. The Kier molecular flexibility index (Phi) is 2.72. The smallest absolute Gasteiger partial charge is 0.346 e. The lowest BCUT2D eigenvalue weighted by atomic mass is 10.4. The highest BCUT2D eigenvalue weighted by atomic mass is 32.1. The Morgan fingerprint density at radius 1 is 1.83 bits per heavy atom. The fourth-order valence-corrected chi connectivity index (χ4v) is 1.30. The van der Waals surface area contributed by atoms with Crippen molar-refractivity contribution < 1.29 is 14.6 Å². The highest BCUT2D eigenvalue weighted by Crippen LogP contribution is 2.21. The predicted octanol–water partition coefficient (Wildman–Crippen LogP) is 1.46. The number of carboxylic acids is 1. The van der Waals surface area contributed by atoms with E-state index in [1.54, 1.807) is 5.38 Å². The molecule has 1 heterocycles. The zero-order chi connectivity index (χ0) is 8.97. The van der Waals surface area contributed by atoms with Crippen LogP contribution in [0.2, 0.25) is 0 Å². The van der Waals surface area contributed by atoms with Crippen molar-refractivity contribution in [1.29, 1.82) is 0 Å². The van der Waals surface area contributed by atoms with Crippen LogP contribution in [0.5, 0.6) is 5.75 Å². The summed E-state index contributed by atoms with van der Waals surface area (Å²) in [6.07, 6.45) is 4.96. The summed E-state index contributed by atoms with van der Waals surface area (Å²) in [7, 11) is 0. The first-order valence-electron chi connectivity index (χ1n) is 3.12. The summed E-state index contributed by atoms with van der Waals surface area (Å²) in [5.41, 5.74) is 0. The van der Waals surface area contributed by atoms with Crippen molar-refractivity contribution in [2.24, 2.45) is 0 Å².